The van der Waals surface area contributed by atoms with Crippen molar-refractivity contribution in [2.75, 3.05) is 0 Å². The fraction of sp³-hybridized carbons (Fsp3) is 0.200. The van der Waals surface area contributed by atoms with E-state index in [0.717, 1.165) is 26.5 Å². The predicted molar refractivity (Wildman–Crippen MR) is 94.0 cm³/mol. The summed E-state index contributed by atoms with van der Waals surface area (Å²) in [4.78, 5) is 12.1. The van der Waals surface area contributed by atoms with Crippen molar-refractivity contribution in [1.82, 2.24) is 20.2 Å². The van der Waals surface area contributed by atoms with Gasteiger partial charge in [-0.25, -0.2) is 9.97 Å². The Bertz CT molecular complexity index is 929. The molecule has 0 aliphatic heterocycles. The molecule has 4 rings (SSSR count). The van der Waals surface area contributed by atoms with Crippen molar-refractivity contribution in [1.29, 1.82) is 0 Å². The van der Waals surface area contributed by atoms with E-state index >= 15 is 0 Å². The van der Waals surface area contributed by atoms with Gasteiger partial charge in [0.15, 0.2) is 0 Å². The second-order valence-corrected chi connectivity index (χ2v) is 7.76. The van der Waals surface area contributed by atoms with Gasteiger partial charge in [0.1, 0.15) is 16.2 Å². The normalized spacial score (nSPS) is 11.3. The molecular formula is C15H12N4OS3. The smallest absolute Gasteiger partial charge is 0.257 e. The minimum atomic E-state index is 0.576. The quantitative estimate of drug-likeness (QED) is 0.381. The molecule has 0 fully saturated rings. The molecule has 4 aromatic rings. The maximum atomic E-state index is 5.71. The molecule has 0 bridgehead atoms. The molecule has 4 aromatic heterocycles. The lowest BCUT2D eigenvalue weighted by Gasteiger charge is -1.98. The highest BCUT2D eigenvalue weighted by molar-refractivity contribution is 7.98. The lowest BCUT2D eigenvalue weighted by Crippen LogP contribution is -1.85. The molecule has 0 amide bonds. The van der Waals surface area contributed by atoms with Crippen LogP contribution in [0.1, 0.15) is 17.7 Å². The van der Waals surface area contributed by atoms with Gasteiger partial charge in [0.2, 0.25) is 5.89 Å². The van der Waals surface area contributed by atoms with Crippen molar-refractivity contribution >= 4 is 44.7 Å². The number of thiophene rings is 2. The third kappa shape index (κ3) is 3.01. The standard InChI is InChI=1S/C15H12N4OS3/c1-2-9-6-10-14(16-8-17-15(10)23-9)22-7-12-18-19-13(20-12)11-4-3-5-21-11/h3-6,8H,2,7H2,1H3. The third-order valence-electron chi connectivity index (χ3n) is 3.22. The van der Waals surface area contributed by atoms with Crippen molar-refractivity contribution in [2.45, 2.75) is 24.1 Å². The average molecular weight is 360 g/mol. The second kappa shape index (κ2) is 6.38. The Morgan fingerprint density at radius 1 is 1.26 bits per heavy atom. The number of thioether (sulfide) groups is 1. The first kappa shape index (κ1) is 14.8. The summed E-state index contributed by atoms with van der Waals surface area (Å²) < 4.78 is 5.71. The molecule has 0 saturated heterocycles. The molecule has 0 radical (unpaired) electrons. The van der Waals surface area contributed by atoms with Crippen LogP contribution in [-0.2, 0) is 12.2 Å². The molecule has 0 aromatic carbocycles. The Labute approximate surface area is 144 Å². The van der Waals surface area contributed by atoms with E-state index in [1.165, 1.54) is 4.88 Å². The van der Waals surface area contributed by atoms with Gasteiger partial charge in [-0.1, -0.05) is 24.8 Å². The number of fused-ring (bicyclic) bond motifs is 1. The summed E-state index contributed by atoms with van der Waals surface area (Å²) in [6.07, 6.45) is 2.63. The zero-order chi connectivity index (χ0) is 15.6. The Hall–Kier alpha value is -1.77. The van der Waals surface area contributed by atoms with Crippen LogP contribution in [0.3, 0.4) is 0 Å². The number of aromatic nitrogens is 4. The van der Waals surface area contributed by atoms with Gasteiger partial charge in [0.05, 0.1) is 10.6 Å². The Kier molecular flexibility index (Phi) is 4.11. The average Bonchev–Trinajstić information content (AvgIpc) is 3.31. The predicted octanol–water partition coefficient (Wildman–Crippen LogP) is 4.66. The molecule has 0 saturated carbocycles. The van der Waals surface area contributed by atoms with Gasteiger partial charge < -0.3 is 4.42 Å². The fourth-order valence-corrected chi connectivity index (χ4v) is 4.57. The molecule has 5 nitrogen and oxygen atoms in total. The van der Waals surface area contributed by atoms with E-state index in [-0.39, 0.29) is 0 Å². The lowest BCUT2D eigenvalue weighted by molar-refractivity contribution is 0.529. The van der Waals surface area contributed by atoms with Gasteiger partial charge in [0.25, 0.3) is 5.89 Å². The van der Waals surface area contributed by atoms with E-state index in [2.05, 4.69) is 33.2 Å². The largest absolute Gasteiger partial charge is 0.419 e. The topological polar surface area (TPSA) is 64.7 Å². The van der Waals surface area contributed by atoms with Crippen molar-refractivity contribution in [3.8, 4) is 10.8 Å². The van der Waals surface area contributed by atoms with Gasteiger partial charge in [-0.3, -0.25) is 0 Å². The van der Waals surface area contributed by atoms with Gasteiger partial charge in [0, 0.05) is 10.3 Å². The molecule has 0 spiro atoms. The lowest BCUT2D eigenvalue weighted by atomic mass is 10.3. The first-order chi connectivity index (χ1) is 11.3. The van der Waals surface area contributed by atoms with E-state index in [1.807, 2.05) is 17.5 Å². The SMILES string of the molecule is CCc1cc2c(SCc3nnc(-c4cccs4)o3)ncnc2s1. The minimum absolute atomic E-state index is 0.576. The number of aryl methyl sites for hydroxylation is 1. The monoisotopic (exact) mass is 360 g/mol. The molecule has 0 aliphatic rings. The van der Waals surface area contributed by atoms with Crippen molar-refractivity contribution in [2.24, 2.45) is 0 Å². The summed E-state index contributed by atoms with van der Waals surface area (Å²) in [6.45, 7) is 2.15. The maximum Gasteiger partial charge on any atom is 0.257 e. The van der Waals surface area contributed by atoms with Crippen LogP contribution in [-0.4, -0.2) is 20.2 Å². The minimum Gasteiger partial charge on any atom is -0.419 e. The number of hydrogen-bond acceptors (Lipinski definition) is 8. The first-order valence-corrected chi connectivity index (χ1v) is 9.74. The Morgan fingerprint density at radius 3 is 3.04 bits per heavy atom. The molecular weight excluding hydrogens is 348 g/mol. The van der Waals surface area contributed by atoms with Crippen LogP contribution in [0, 0.1) is 0 Å². The summed E-state index contributed by atoms with van der Waals surface area (Å²) >= 11 is 4.91. The highest BCUT2D eigenvalue weighted by atomic mass is 32.2. The van der Waals surface area contributed by atoms with Crippen molar-refractivity contribution in [3.63, 3.8) is 0 Å². The van der Waals surface area contributed by atoms with Crippen molar-refractivity contribution in [3.05, 3.63) is 40.7 Å². The summed E-state index contributed by atoms with van der Waals surface area (Å²) in [5.74, 6) is 1.78. The third-order valence-corrected chi connectivity index (χ3v) is 6.26. The van der Waals surface area contributed by atoms with Crippen molar-refractivity contribution < 1.29 is 4.42 Å². The summed E-state index contributed by atoms with van der Waals surface area (Å²) in [7, 11) is 0. The van der Waals surface area contributed by atoms with Gasteiger partial charge in [-0.05, 0) is 23.9 Å². The number of rotatable bonds is 5. The van der Waals surface area contributed by atoms with E-state index in [0.29, 0.717) is 17.5 Å². The van der Waals surface area contributed by atoms with Gasteiger partial charge >= 0.3 is 0 Å². The first-order valence-electron chi connectivity index (χ1n) is 7.06. The highest BCUT2D eigenvalue weighted by Gasteiger charge is 2.12. The molecule has 0 N–H and O–H groups in total. The fourth-order valence-electron chi connectivity index (χ4n) is 2.11. The van der Waals surface area contributed by atoms with Crippen LogP contribution < -0.4 is 0 Å². The second-order valence-electron chi connectivity index (χ2n) is 4.73. The molecule has 116 valence electrons. The zero-order valence-corrected chi connectivity index (χ0v) is 14.7. The van der Waals surface area contributed by atoms with Crippen LogP contribution in [0.2, 0.25) is 0 Å². The van der Waals surface area contributed by atoms with Crippen LogP contribution in [0.5, 0.6) is 0 Å². The van der Waals surface area contributed by atoms with Crippen LogP contribution in [0.4, 0.5) is 0 Å². The van der Waals surface area contributed by atoms with E-state index in [1.54, 1.807) is 40.8 Å². The Balaban J connectivity index is 1.54. The van der Waals surface area contributed by atoms with Crippen LogP contribution in [0.15, 0.2) is 39.3 Å². The number of nitrogens with zero attached hydrogens (tertiary/aromatic N) is 4. The zero-order valence-electron chi connectivity index (χ0n) is 12.2. The summed E-state index contributed by atoms with van der Waals surface area (Å²) in [5.41, 5.74) is 0. The maximum absolute atomic E-state index is 5.71. The van der Waals surface area contributed by atoms with Gasteiger partial charge in [-0.2, -0.15) is 0 Å². The Morgan fingerprint density at radius 2 is 2.22 bits per heavy atom. The van der Waals surface area contributed by atoms with Crippen LogP contribution in [0.25, 0.3) is 21.0 Å². The molecule has 0 unspecified atom stereocenters. The molecule has 23 heavy (non-hydrogen) atoms. The van der Waals surface area contributed by atoms with E-state index in [4.69, 9.17) is 4.42 Å². The van der Waals surface area contributed by atoms with E-state index < -0.39 is 0 Å². The molecule has 0 atom stereocenters. The summed E-state index contributed by atoms with van der Waals surface area (Å²) in [6, 6.07) is 6.12. The van der Waals surface area contributed by atoms with Gasteiger partial charge in [-0.15, -0.1) is 32.9 Å². The highest BCUT2D eigenvalue weighted by Crippen LogP contribution is 2.32. The molecule has 0 aliphatic carbocycles. The molecule has 8 heteroatoms. The summed E-state index contributed by atoms with van der Waals surface area (Å²) in [5, 5.41) is 12.3. The number of hydrogen-bond donors (Lipinski definition) is 0. The molecule has 4 heterocycles. The van der Waals surface area contributed by atoms with Crippen LogP contribution >= 0.6 is 34.4 Å². The van der Waals surface area contributed by atoms with E-state index in [9.17, 15) is 0 Å².